The van der Waals surface area contributed by atoms with Gasteiger partial charge in [-0.05, 0) is 49.1 Å². The van der Waals surface area contributed by atoms with E-state index in [4.69, 9.17) is 4.74 Å². The smallest absolute Gasteiger partial charge is 0.224 e. The Morgan fingerprint density at radius 1 is 0.929 bits per heavy atom. The van der Waals surface area contributed by atoms with Gasteiger partial charge in [-0.25, -0.2) is 9.37 Å². The van der Waals surface area contributed by atoms with Crippen LogP contribution in [0, 0.1) is 12.7 Å². The molecule has 3 rings (SSSR count). The van der Waals surface area contributed by atoms with Crippen LogP contribution in [0.3, 0.4) is 0 Å². The number of aryl methyl sites for hydroxylation is 1. The lowest BCUT2D eigenvalue weighted by Gasteiger charge is -2.11. The largest absolute Gasteiger partial charge is 0.496 e. The molecule has 2 aromatic carbocycles. The summed E-state index contributed by atoms with van der Waals surface area (Å²) in [5, 5.41) is 6.59. The highest BCUT2D eigenvalue weighted by molar-refractivity contribution is 5.42. The predicted molar refractivity (Wildman–Crippen MR) is 111 cm³/mol. The predicted octanol–water partition coefficient (Wildman–Crippen LogP) is 4.24. The van der Waals surface area contributed by atoms with E-state index in [0.29, 0.717) is 19.0 Å². The molecule has 0 amide bonds. The van der Waals surface area contributed by atoms with Gasteiger partial charge in [0.2, 0.25) is 5.95 Å². The topological polar surface area (TPSA) is 59.1 Å². The molecule has 1 aromatic heterocycles. The summed E-state index contributed by atoms with van der Waals surface area (Å²) in [6, 6.07) is 16.5. The number of rotatable bonds is 9. The Labute approximate surface area is 165 Å². The number of methoxy groups -OCH3 is 1. The molecule has 0 aliphatic rings. The first kappa shape index (κ1) is 19.6. The number of nitrogens with one attached hydrogen (secondary N) is 2. The Balaban J connectivity index is 1.53. The van der Waals surface area contributed by atoms with Crippen molar-refractivity contribution >= 4 is 11.8 Å². The summed E-state index contributed by atoms with van der Waals surface area (Å²) < 4.78 is 18.4. The van der Waals surface area contributed by atoms with Gasteiger partial charge in [-0.1, -0.05) is 30.3 Å². The molecular weight excluding hydrogens is 355 g/mol. The molecule has 1 heterocycles. The van der Waals surface area contributed by atoms with Crippen LogP contribution in [0.2, 0.25) is 0 Å². The highest BCUT2D eigenvalue weighted by atomic mass is 19.1. The van der Waals surface area contributed by atoms with Gasteiger partial charge in [-0.2, -0.15) is 4.98 Å². The molecule has 0 fully saturated rings. The van der Waals surface area contributed by atoms with E-state index in [-0.39, 0.29) is 5.82 Å². The number of nitrogens with zero attached hydrogens (tertiary/aromatic N) is 2. The molecule has 5 nitrogen and oxygen atoms in total. The third-order valence-corrected chi connectivity index (χ3v) is 4.36. The molecule has 0 bridgehead atoms. The van der Waals surface area contributed by atoms with Crippen molar-refractivity contribution in [2.45, 2.75) is 19.8 Å². The number of para-hydroxylation sites is 1. The van der Waals surface area contributed by atoms with E-state index in [2.05, 4.69) is 26.7 Å². The first-order chi connectivity index (χ1) is 13.6. The van der Waals surface area contributed by atoms with Crippen molar-refractivity contribution in [3.8, 4) is 5.75 Å². The van der Waals surface area contributed by atoms with Crippen LogP contribution in [0.1, 0.15) is 16.8 Å². The number of ether oxygens (including phenoxy) is 1. The minimum Gasteiger partial charge on any atom is -0.496 e. The summed E-state index contributed by atoms with van der Waals surface area (Å²) in [4.78, 5) is 8.98. The monoisotopic (exact) mass is 380 g/mol. The fourth-order valence-corrected chi connectivity index (χ4v) is 2.94. The lowest BCUT2D eigenvalue weighted by atomic mass is 10.1. The molecule has 0 spiro atoms. The van der Waals surface area contributed by atoms with Crippen LogP contribution in [0.5, 0.6) is 5.75 Å². The average Bonchev–Trinajstić information content (AvgIpc) is 2.69. The summed E-state index contributed by atoms with van der Waals surface area (Å²) in [6.45, 7) is 3.36. The standard InChI is InChI=1S/C22H25FN4O/c1-16-15-21(24-13-11-17-7-9-19(23)10-8-17)27-22(26-16)25-14-12-18-5-3-4-6-20(18)28-2/h3-10,15H,11-14H2,1-2H3,(H2,24,25,26,27). The van der Waals surface area contributed by atoms with E-state index in [9.17, 15) is 4.39 Å². The van der Waals surface area contributed by atoms with Crippen LogP contribution in [0.25, 0.3) is 0 Å². The Bertz CT molecular complexity index is 899. The van der Waals surface area contributed by atoms with Gasteiger partial charge in [0, 0.05) is 24.8 Å². The maximum absolute atomic E-state index is 13.0. The fraction of sp³-hybridized carbons (Fsp3) is 0.273. The van der Waals surface area contributed by atoms with Gasteiger partial charge >= 0.3 is 0 Å². The average molecular weight is 380 g/mol. The second-order valence-corrected chi connectivity index (χ2v) is 6.51. The van der Waals surface area contributed by atoms with Crippen molar-refractivity contribution in [2.75, 3.05) is 30.8 Å². The van der Waals surface area contributed by atoms with Crippen LogP contribution in [-0.4, -0.2) is 30.2 Å². The van der Waals surface area contributed by atoms with Crippen LogP contribution >= 0.6 is 0 Å². The van der Waals surface area contributed by atoms with Crippen molar-refractivity contribution in [2.24, 2.45) is 0 Å². The van der Waals surface area contributed by atoms with Crippen LogP contribution in [0.4, 0.5) is 16.2 Å². The van der Waals surface area contributed by atoms with Crippen LogP contribution in [-0.2, 0) is 12.8 Å². The van der Waals surface area contributed by atoms with Crippen molar-refractivity contribution in [1.29, 1.82) is 0 Å². The first-order valence-electron chi connectivity index (χ1n) is 9.34. The van der Waals surface area contributed by atoms with Gasteiger partial charge < -0.3 is 15.4 Å². The number of halogens is 1. The molecule has 3 aromatic rings. The van der Waals surface area contributed by atoms with E-state index >= 15 is 0 Å². The maximum Gasteiger partial charge on any atom is 0.224 e. The SMILES string of the molecule is COc1ccccc1CCNc1nc(C)cc(NCCc2ccc(F)cc2)n1. The van der Waals surface area contributed by atoms with E-state index in [1.165, 1.54) is 12.1 Å². The quantitative estimate of drug-likeness (QED) is 0.581. The molecule has 0 aliphatic carbocycles. The fourth-order valence-electron chi connectivity index (χ4n) is 2.94. The van der Waals surface area contributed by atoms with E-state index in [0.717, 1.165) is 41.2 Å². The van der Waals surface area contributed by atoms with Gasteiger partial charge in [-0.3, -0.25) is 0 Å². The van der Waals surface area contributed by atoms with Gasteiger partial charge in [-0.15, -0.1) is 0 Å². The Kier molecular flexibility index (Phi) is 6.78. The van der Waals surface area contributed by atoms with Gasteiger partial charge in [0.25, 0.3) is 0 Å². The molecule has 28 heavy (non-hydrogen) atoms. The van der Waals surface area contributed by atoms with Gasteiger partial charge in [0.05, 0.1) is 7.11 Å². The molecule has 146 valence electrons. The maximum atomic E-state index is 13.0. The minimum atomic E-state index is -0.216. The van der Waals surface area contributed by atoms with Crippen molar-refractivity contribution in [1.82, 2.24) is 9.97 Å². The minimum absolute atomic E-state index is 0.216. The molecular formula is C22H25FN4O. The zero-order valence-electron chi connectivity index (χ0n) is 16.2. The van der Waals surface area contributed by atoms with Gasteiger partial charge in [0.15, 0.2) is 0 Å². The summed E-state index contributed by atoms with van der Waals surface area (Å²) in [5.41, 5.74) is 3.11. The molecule has 0 unspecified atom stereocenters. The molecule has 0 saturated heterocycles. The number of aromatic nitrogens is 2. The summed E-state index contributed by atoms with van der Waals surface area (Å²) in [7, 11) is 1.68. The second kappa shape index (κ2) is 9.69. The third kappa shape index (κ3) is 5.67. The zero-order chi connectivity index (χ0) is 19.8. The molecule has 2 N–H and O–H groups in total. The van der Waals surface area contributed by atoms with E-state index in [1.807, 2.05) is 31.2 Å². The summed E-state index contributed by atoms with van der Waals surface area (Å²) >= 11 is 0. The number of hydrogen-bond acceptors (Lipinski definition) is 5. The Morgan fingerprint density at radius 2 is 1.68 bits per heavy atom. The summed E-state index contributed by atoms with van der Waals surface area (Å²) in [6.07, 6.45) is 1.61. The molecule has 0 aliphatic heterocycles. The van der Waals surface area contributed by atoms with E-state index in [1.54, 1.807) is 19.2 Å². The van der Waals surface area contributed by atoms with Crippen molar-refractivity contribution < 1.29 is 9.13 Å². The van der Waals surface area contributed by atoms with Crippen molar-refractivity contribution in [3.05, 3.63) is 77.2 Å². The Morgan fingerprint density at radius 3 is 2.46 bits per heavy atom. The number of benzene rings is 2. The van der Waals surface area contributed by atoms with Crippen LogP contribution in [0.15, 0.2) is 54.6 Å². The third-order valence-electron chi connectivity index (χ3n) is 4.36. The highest BCUT2D eigenvalue weighted by Crippen LogP contribution is 2.18. The van der Waals surface area contributed by atoms with Gasteiger partial charge in [0.1, 0.15) is 17.4 Å². The van der Waals surface area contributed by atoms with Crippen molar-refractivity contribution in [3.63, 3.8) is 0 Å². The summed E-state index contributed by atoms with van der Waals surface area (Å²) in [5.74, 6) is 2.04. The van der Waals surface area contributed by atoms with E-state index < -0.39 is 0 Å². The number of hydrogen-bond donors (Lipinski definition) is 2. The Hall–Kier alpha value is -3.15. The second-order valence-electron chi connectivity index (χ2n) is 6.51. The molecule has 0 atom stereocenters. The first-order valence-corrected chi connectivity index (χ1v) is 9.34. The molecule has 6 heteroatoms. The highest BCUT2D eigenvalue weighted by Gasteiger charge is 2.05. The zero-order valence-corrected chi connectivity index (χ0v) is 16.2. The molecule has 0 radical (unpaired) electrons. The lowest BCUT2D eigenvalue weighted by molar-refractivity contribution is 0.410. The van der Waals surface area contributed by atoms with Crippen LogP contribution < -0.4 is 15.4 Å². The number of anilines is 2. The lowest BCUT2D eigenvalue weighted by Crippen LogP contribution is -2.12. The normalized spacial score (nSPS) is 10.5. The molecule has 0 saturated carbocycles.